The molecule has 2 N–H and O–H groups in total. The van der Waals surface area contributed by atoms with Gasteiger partial charge in [0, 0.05) is 10.6 Å². The first-order chi connectivity index (χ1) is 8.50. The fraction of sp³-hybridized carbons (Fsp3) is 0.333. The number of amides is 1. The minimum atomic E-state index is -0.934. The molecule has 0 saturated carbocycles. The second-order valence-corrected chi connectivity index (χ2v) is 4.70. The summed E-state index contributed by atoms with van der Waals surface area (Å²) in [5.41, 5.74) is 4.95. The van der Waals surface area contributed by atoms with Crippen molar-refractivity contribution in [2.45, 2.75) is 24.3 Å². The number of primary amides is 1. The lowest BCUT2D eigenvalue weighted by atomic mass is 10.3. The molecule has 0 saturated heterocycles. The van der Waals surface area contributed by atoms with E-state index in [0.29, 0.717) is 10.6 Å². The lowest BCUT2D eigenvalue weighted by Crippen LogP contribution is -2.30. The average molecular weight is 271 g/mol. The lowest BCUT2D eigenvalue weighted by Gasteiger charge is -2.09. The van der Waals surface area contributed by atoms with Gasteiger partial charge in [-0.2, -0.15) is 0 Å². The van der Waals surface area contributed by atoms with Crippen LogP contribution in [-0.2, 0) is 14.3 Å². The number of benzene rings is 1. The number of esters is 1. The molecular weight excluding hydrogens is 257 g/mol. The van der Waals surface area contributed by atoms with Crippen molar-refractivity contribution in [2.24, 2.45) is 5.73 Å². The van der Waals surface area contributed by atoms with Crippen LogP contribution in [0.4, 0.5) is 4.39 Å². The zero-order valence-corrected chi connectivity index (χ0v) is 10.7. The Labute approximate surface area is 109 Å². The number of halogens is 1. The number of hydrogen-bond donors (Lipinski definition) is 1. The van der Waals surface area contributed by atoms with Crippen molar-refractivity contribution < 1.29 is 18.7 Å². The Balaban J connectivity index is 2.32. The summed E-state index contributed by atoms with van der Waals surface area (Å²) in [4.78, 5) is 22.4. The van der Waals surface area contributed by atoms with Gasteiger partial charge in [0.1, 0.15) is 5.82 Å². The van der Waals surface area contributed by atoms with Gasteiger partial charge in [-0.3, -0.25) is 9.59 Å². The van der Waals surface area contributed by atoms with Gasteiger partial charge in [-0.15, -0.1) is 11.8 Å². The second kappa shape index (κ2) is 7.00. The maximum absolute atomic E-state index is 13.2. The minimum absolute atomic E-state index is 0.0939. The molecule has 1 aromatic rings. The smallest absolute Gasteiger partial charge is 0.307 e. The first-order valence-corrected chi connectivity index (χ1v) is 6.35. The van der Waals surface area contributed by atoms with E-state index in [-0.39, 0.29) is 12.2 Å². The molecular formula is C12H14FNO3S. The van der Waals surface area contributed by atoms with Gasteiger partial charge < -0.3 is 10.5 Å². The number of nitrogens with two attached hydrogens (primary N) is 1. The van der Waals surface area contributed by atoms with E-state index in [1.807, 2.05) is 0 Å². The second-order valence-electron chi connectivity index (χ2n) is 3.56. The zero-order chi connectivity index (χ0) is 13.5. The van der Waals surface area contributed by atoms with Crippen LogP contribution in [0.2, 0.25) is 0 Å². The Kier molecular flexibility index (Phi) is 5.64. The predicted octanol–water partition coefficient (Wildman–Crippen LogP) is 1.72. The van der Waals surface area contributed by atoms with Crippen LogP contribution in [0, 0.1) is 5.82 Å². The largest absolute Gasteiger partial charge is 0.453 e. The minimum Gasteiger partial charge on any atom is -0.453 e. The normalized spacial score (nSPS) is 11.9. The molecule has 1 amide bonds. The van der Waals surface area contributed by atoms with Gasteiger partial charge in [0.2, 0.25) is 0 Å². The molecule has 0 bridgehead atoms. The number of thioether (sulfide) groups is 1. The Morgan fingerprint density at radius 3 is 2.72 bits per heavy atom. The third-order valence-corrected chi connectivity index (χ3v) is 3.16. The molecule has 0 heterocycles. The quantitative estimate of drug-likeness (QED) is 0.632. The highest BCUT2D eigenvalue weighted by atomic mass is 32.2. The molecule has 0 fully saturated rings. The van der Waals surface area contributed by atoms with Crippen molar-refractivity contribution in [2.75, 3.05) is 5.75 Å². The molecule has 0 aliphatic rings. The van der Waals surface area contributed by atoms with Gasteiger partial charge in [0.15, 0.2) is 6.10 Å². The average Bonchev–Trinajstić information content (AvgIpc) is 2.31. The van der Waals surface area contributed by atoms with Gasteiger partial charge in [-0.25, -0.2) is 4.39 Å². The van der Waals surface area contributed by atoms with Crippen molar-refractivity contribution >= 4 is 23.6 Å². The SMILES string of the molecule is C[C@@H](OC(=O)CCSc1ccccc1F)C(N)=O. The molecule has 0 radical (unpaired) electrons. The summed E-state index contributed by atoms with van der Waals surface area (Å²) < 4.78 is 18.0. The van der Waals surface area contributed by atoms with E-state index in [9.17, 15) is 14.0 Å². The van der Waals surface area contributed by atoms with Gasteiger partial charge in [-0.1, -0.05) is 12.1 Å². The monoisotopic (exact) mass is 271 g/mol. The van der Waals surface area contributed by atoms with Crippen LogP contribution in [0.5, 0.6) is 0 Å². The molecule has 4 nitrogen and oxygen atoms in total. The fourth-order valence-corrected chi connectivity index (χ4v) is 1.99. The third-order valence-electron chi connectivity index (χ3n) is 2.11. The number of ether oxygens (including phenoxy) is 1. The zero-order valence-electron chi connectivity index (χ0n) is 9.89. The van der Waals surface area contributed by atoms with Crippen LogP contribution in [0.15, 0.2) is 29.2 Å². The summed E-state index contributed by atoms with van der Waals surface area (Å²) >= 11 is 1.22. The lowest BCUT2D eigenvalue weighted by molar-refractivity contribution is -0.153. The van der Waals surface area contributed by atoms with Crippen molar-refractivity contribution in [1.82, 2.24) is 0 Å². The Morgan fingerprint density at radius 2 is 2.11 bits per heavy atom. The predicted molar refractivity (Wildman–Crippen MR) is 66.5 cm³/mol. The summed E-state index contributed by atoms with van der Waals surface area (Å²) in [6.07, 6.45) is -0.840. The van der Waals surface area contributed by atoms with Crippen LogP contribution in [0.1, 0.15) is 13.3 Å². The van der Waals surface area contributed by atoms with Gasteiger partial charge in [-0.05, 0) is 19.1 Å². The molecule has 1 atom stereocenters. The molecule has 0 unspecified atom stereocenters. The summed E-state index contributed by atoms with van der Waals surface area (Å²) in [6.45, 7) is 1.41. The van der Waals surface area contributed by atoms with Crippen LogP contribution in [0.25, 0.3) is 0 Å². The van der Waals surface area contributed by atoms with E-state index >= 15 is 0 Å². The summed E-state index contributed by atoms with van der Waals surface area (Å²) in [6, 6.07) is 6.31. The van der Waals surface area contributed by atoms with Crippen molar-refractivity contribution in [3.05, 3.63) is 30.1 Å². The van der Waals surface area contributed by atoms with E-state index in [0.717, 1.165) is 0 Å². The highest BCUT2D eigenvalue weighted by molar-refractivity contribution is 7.99. The van der Waals surface area contributed by atoms with Gasteiger partial charge in [0.25, 0.3) is 5.91 Å². The molecule has 0 aliphatic heterocycles. The summed E-state index contributed by atoms with van der Waals surface area (Å²) in [5.74, 6) is -1.15. The number of carbonyl (C=O) groups excluding carboxylic acids is 2. The summed E-state index contributed by atoms with van der Waals surface area (Å²) in [7, 11) is 0. The maximum Gasteiger partial charge on any atom is 0.307 e. The van der Waals surface area contributed by atoms with Crippen molar-refractivity contribution in [1.29, 1.82) is 0 Å². The van der Waals surface area contributed by atoms with E-state index in [1.54, 1.807) is 18.2 Å². The van der Waals surface area contributed by atoms with Crippen LogP contribution < -0.4 is 5.73 Å². The van der Waals surface area contributed by atoms with Crippen molar-refractivity contribution in [3.63, 3.8) is 0 Å². The molecule has 6 heteroatoms. The van der Waals surface area contributed by atoms with Crippen molar-refractivity contribution in [3.8, 4) is 0 Å². The number of rotatable bonds is 6. The van der Waals surface area contributed by atoms with Crippen LogP contribution in [0.3, 0.4) is 0 Å². The highest BCUT2D eigenvalue weighted by Gasteiger charge is 2.14. The molecule has 1 aromatic carbocycles. The number of hydrogen-bond acceptors (Lipinski definition) is 4. The van der Waals surface area contributed by atoms with E-state index < -0.39 is 18.0 Å². The van der Waals surface area contributed by atoms with Gasteiger partial charge >= 0.3 is 5.97 Å². The number of carbonyl (C=O) groups is 2. The van der Waals surface area contributed by atoms with E-state index in [2.05, 4.69) is 0 Å². The standard InChI is InChI=1S/C12H14FNO3S/c1-8(12(14)16)17-11(15)6-7-18-10-5-3-2-4-9(10)13/h2-5,8H,6-7H2,1H3,(H2,14,16)/t8-/m1/s1. The Morgan fingerprint density at radius 1 is 1.44 bits per heavy atom. The topological polar surface area (TPSA) is 69.4 Å². The van der Waals surface area contributed by atoms with Gasteiger partial charge in [0.05, 0.1) is 6.42 Å². The molecule has 18 heavy (non-hydrogen) atoms. The van der Waals surface area contributed by atoms with E-state index in [1.165, 1.54) is 24.8 Å². The molecule has 0 aliphatic carbocycles. The molecule has 1 rings (SSSR count). The Bertz CT molecular complexity index is 439. The first kappa shape index (κ1) is 14.5. The maximum atomic E-state index is 13.2. The molecule has 0 spiro atoms. The van der Waals surface area contributed by atoms with E-state index in [4.69, 9.17) is 10.5 Å². The first-order valence-electron chi connectivity index (χ1n) is 5.37. The Hall–Kier alpha value is -1.56. The molecule has 98 valence electrons. The fourth-order valence-electron chi connectivity index (χ4n) is 1.12. The van der Waals surface area contributed by atoms with Crippen LogP contribution in [-0.4, -0.2) is 23.7 Å². The van der Waals surface area contributed by atoms with Crippen LogP contribution >= 0.6 is 11.8 Å². The molecule has 0 aromatic heterocycles. The highest BCUT2D eigenvalue weighted by Crippen LogP contribution is 2.21. The third kappa shape index (κ3) is 4.75. The summed E-state index contributed by atoms with van der Waals surface area (Å²) in [5, 5.41) is 0.